The van der Waals surface area contributed by atoms with Crippen molar-refractivity contribution in [2.75, 3.05) is 24.2 Å². The third-order valence-electron chi connectivity index (χ3n) is 4.97. The van der Waals surface area contributed by atoms with Gasteiger partial charge in [-0.25, -0.2) is 0 Å². The Balaban J connectivity index is 1.76. The van der Waals surface area contributed by atoms with Crippen molar-refractivity contribution in [2.45, 2.75) is 39.2 Å². The van der Waals surface area contributed by atoms with Crippen molar-refractivity contribution in [1.82, 2.24) is 9.78 Å². The highest BCUT2D eigenvalue weighted by Gasteiger charge is 2.32. The number of rotatable bonds is 1. The van der Waals surface area contributed by atoms with Crippen molar-refractivity contribution in [2.24, 2.45) is 0 Å². The number of nitrogens with zero attached hydrogens (tertiary/aromatic N) is 2. The lowest BCUT2D eigenvalue weighted by Gasteiger charge is -2.27. The summed E-state index contributed by atoms with van der Waals surface area (Å²) < 4.78 is 6.82. The molecule has 1 unspecified atom stereocenters. The second kappa shape index (κ2) is 5.63. The molecule has 0 fully saturated rings. The van der Waals surface area contributed by atoms with Crippen LogP contribution in [0.25, 0.3) is 0 Å². The highest BCUT2D eigenvalue weighted by atomic mass is 16.5. The largest absolute Gasteiger partial charge is 0.385 e. The fourth-order valence-corrected chi connectivity index (χ4v) is 3.83. The number of hydrogen-bond donors (Lipinski definition) is 2. The molecule has 1 aromatic carbocycles. The Bertz CT molecular complexity index is 825. The van der Waals surface area contributed by atoms with E-state index in [1.165, 1.54) is 10.2 Å². The summed E-state index contributed by atoms with van der Waals surface area (Å²) in [6.45, 7) is 5.97. The smallest absolute Gasteiger partial charge is 0.256 e. The first kappa shape index (κ1) is 15.2. The van der Waals surface area contributed by atoms with Crippen LogP contribution in [0.15, 0.2) is 12.1 Å². The third-order valence-corrected chi connectivity index (χ3v) is 4.97. The maximum atomic E-state index is 13.2. The van der Waals surface area contributed by atoms with E-state index in [2.05, 4.69) is 36.4 Å². The molecule has 4 rings (SSSR count). The Kier molecular flexibility index (Phi) is 3.57. The van der Waals surface area contributed by atoms with E-state index in [0.717, 1.165) is 47.5 Å². The Morgan fingerprint density at radius 2 is 2.25 bits per heavy atom. The zero-order valence-corrected chi connectivity index (χ0v) is 14.1. The van der Waals surface area contributed by atoms with Gasteiger partial charge in [-0.3, -0.25) is 4.79 Å². The number of carbonyl (C=O) groups is 1. The van der Waals surface area contributed by atoms with Crippen LogP contribution < -0.4 is 11.1 Å². The van der Waals surface area contributed by atoms with Gasteiger partial charge in [-0.05, 0) is 31.4 Å². The maximum absolute atomic E-state index is 13.2. The van der Waals surface area contributed by atoms with Crippen molar-refractivity contribution >= 4 is 17.4 Å². The number of ether oxygens (including phenoxy) is 1. The zero-order chi connectivity index (χ0) is 16.8. The summed E-state index contributed by atoms with van der Waals surface area (Å²) in [5, 5.41) is 7.86. The van der Waals surface area contributed by atoms with Crippen LogP contribution >= 0.6 is 0 Å². The van der Waals surface area contributed by atoms with Gasteiger partial charge < -0.3 is 15.8 Å². The normalized spacial score (nSPS) is 19.3. The molecule has 3 N–H and O–H groups in total. The monoisotopic (exact) mass is 326 g/mol. The standard InChI is InChI=1S/C18H22N4O2/c1-10-7-11(2)16-14(8-10)12(3-5-20-16)18(23)22-17(19)13-4-6-24-9-15(13)21-22/h7-8,12,20H,3-6,9,19H2,1-2H3. The van der Waals surface area contributed by atoms with E-state index in [1.54, 1.807) is 0 Å². The molecule has 1 aromatic heterocycles. The predicted octanol–water partition coefficient (Wildman–Crippen LogP) is 2.39. The molecule has 2 aliphatic rings. The molecule has 126 valence electrons. The van der Waals surface area contributed by atoms with Gasteiger partial charge in [0.15, 0.2) is 0 Å². The van der Waals surface area contributed by atoms with E-state index in [4.69, 9.17) is 10.5 Å². The average molecular weight is 326 g/mol. The van der Waals surface area contributed by atoms with E-state index in [9.17, 15) is 4.79 Å². The van der Waals surface area contributed by atoms with Crippen LogP contribution in [-0.4, -0.2) is 28.8 Å². The summed E-state index contributed by atoms with van der Waals surface area (Å²) in [6, 6.07) is 4.23. The van der Waals surface area contributed by atoms with E-state index in [1.807, 2.05) is 0 Å². The quantitative estimate of drug-likeness (QED) is 0.841. The molecular formula is C18H22N4O2. The molecular weight excluding hydrogens is 304 g/mol. The lowest BCUT2D eigenvalue weighted by Crippen LogP contribution is -2.29. The number of nitrogen functional groups attached to an aromatic ring is 1. The number of nitrogens with one attached hydrogen (secondary N) is 1. The van der Waals surface area contributed by atoms with Crippen molar-refractivity contribution in [3.05, 3.63) is 40.1 Å². The molecule has 0 saturated carbocycles. The summed E-state index contributed by atoms with van der Waals surface area (Å²) in [7, 11) is 0. The topological polar surface area (TPSA) is 82.2 Å². The lowest BCUT2D eigenvalue weighted by molar-refractivity contribution is 0.0854. The van der Waals surface area contributed by atoms with Crippen LogP contribution in [0.5, 0.6) is 0 Å². The molecule has 24 heavy (non-hydrogen) atoms. The third kappa shape index (κ3) is 2.29. The fraction of sp³-hybridized carbons (Fsp3) is 0.444. The van der Waals surface area contributed by atoms with Gasteiger partial charge in [0, 0.05) is 24.2 Å². The van der Waals surface area contributed by atoms with Crippen LogP contribution in [0.2, 0.25) is 0 Å². The number of anilines is 2. The SMILES string of the molecule is Cc1cc(C)c2c(c1)C(C(=O)n1nc3c(c1N)CCOC3)CCN2. The summed E-state index contributed by atoms with van der Waals surface area (Å²) in [5.41, 5.74) is 12.4. The van der Waals surface area contributed by atoms with Crippen LogP contribution in [0.4, 0.5) is 11.5 Å². The maximum Gasteiger partial charge on any atom is 0.256 e. The summed E-state index contributed by atoms with van der Waals surface area (Å²) >= 11 is 0. The molecule has 0 saturated heterocycles. The molecule has 0 bridgehead atoms. The summed E-state index contributed by atoms with van der Waals surface area (Å²) in [6.07, 6.45) is 1.46. The molecule has 6 heteroatoms. The fourth-order valence-electron chi connectivity index (χ4n) is 3.83. The molecule has 0 spiro atoms. The number of aromatic nitrogens is 2. The van der Waals surface area contributed by atoms with Crippen LogP contribution in [0.1, 0.15) is 45.1 Å². The van der Waals surface area contributed by atoms with E-state index >= 15 is 0 Å². The molecule has 2 aliphatic heterocycles. The van der Waals surface area contributed by atoms with Gasteiger partial charge in [-0.15, -0.1) is 0 Å². The second-order valence-corrected chi connectivity index (χ2v) is 6.68. The number of carbonyl (C=O) groups excluding carboxylic acids is 1. The minimum absolute atomic E-state index is 0.0466. The van der Waals surface area contributed by atoms with E-state index in [0.29, 0.717) is 19.0 Å². The first-order valence-corrected chi connectivity index (χ1v) is 8.39. The van der Waals surface area contributed by atoms with E-state index < -0.39 is 0 Å². The van der Waals surface area contributed by atoms with Gasteiger partial charge >= 0.3 is 0 Å². The Hall–Kier alpha value is -2.34. The van der Waals surface area contributed by atoms with Crippen molar-refractivity contribution in [1.29, 1.82) is 0 Å². The highest BCUT2D eigenvalue weighted by Crippen LogP contribution is 2.36. The molecule has 3 heterocycles. The highest BCUT2D eigenvalue weighted by molar-refractivity contribution is 5.90. The minimum Gasteiger partial charge on any atom is -0.385 e. The Morgan fingerprint density at radius 1 is 1.42 bits per heavy atom. The molecule has 1 atom stereocenters. The number of hydrogen-bond acceptors (Lipinski definition) is 5. The molecule has 0 aliphatic carbocycles. The van der Waals surface area contributed by atoms with Gasteiger partial charge in [-0.2, -0.15) is 9.78 Å². The van der Waals surface area contributed by atoms with Gasteiger partial charge in [0.1, 0.15) is 5.82 Å². The van der Waals surface area contributed by atoms with Gasteiger partial charge in [0.25, 0.3) is 5.91 Å². The first-order valence-electron chi connectivity index (χ1n) is 8.39. The first-order chi connectivity index (χ1) is 11.6. The van der Waals surface area contributed by atoms with Crippen molar-refractivity contribution in [3.8, 4) is 0 Å². The molecule has 0 amide bonds. The summed E-state index contributed by atoms with van der Waals surface area (Å²) in [5.74, 6) is 0.210. The predicted molar refractivity (Wildman–Crippen MR) is 92.4 cm³/mol. The second-order valence-electron chi connectivity index (χ2n) is 6.68. The van der Waals surface area contributed by atoms with Crippen molar-refractivity contribution < 1.29 is 9.53 Å². The van der Waals surface area contributed by atoms with Crippen LogP contribution in [-0.2, 0) is 17.8 Å². The molecule has 2 aromatic rings. The van der Waals surface area contributed by atoms with Gasteiger partial charge in [0.05, 0.1) is 24.8 Å². The van der Waals surface area contributed by atoms with Crippen LogP contribution in [0.3, 0.4) is 0 Å². The summed E-state index contributed by atoms with van der Waals surface area (Å²) in [4.78, 5) is 13.2. The molecule has 6 nitrogen and oxygen atoms in total. The van der Waals surface area contributed by atoms with Gasteiger partial charge in [0.2, 0.25) is 0 Å². The average Bonchev–Trinajstić information content (AvgIpc) is 2.91. The number of nitrogens with two attached hydrogens (primary N) is 1. The Labute approximate surface area is 141 Å². The minimum atomic E-state index is -0.218. The Morgan fingerprint density at radius 3 is 3.04 bits per heavy atom. The molecule has 0 radical (unpaired) electrons. The number of benzene rings is 1. The van der Waals surface area contributed by atoms with Crippen molar-refractivity contribution in [3.63, 3.8) is 0 Å². The number of aryl methyl sites for hydroxylation is 2. The number of fused-ring (bicyclic) bond motifs is 2. The lowest BCUT2D eigenvalue weighted by atomic mass is 9.87. The van der Waals surface area contributed by atoms with Crippen LogP contribution in [0, 0.1) is 13.8 Å². The van der Waals surface area contributed by atoms with Gasteiger partial charge in [-0.1, -0.05) is 17.7 Å². The van der Waals surface area contributed by atoms with E-state index in [-0.39, 0.29) is 11.8 Å². The zero-order valence-electron chi connectivity index (χ0n) is 14.1.